The summed E-state index contributed by atoms with van der Waals surface area (Å²) in [4.78, 5) is 19.6. The van der Waals surface area contributed by atoms with Gasteiger partial charge in [-0.05, 0) is 86.8 Å². The standard InChI is InChI=1S/C28H34FN5O2/c1-17-10-20-14-30-26(31-27(35)23-13-22(23)24-6-7-33(3)32-24)12-19(20)11-21(17)18-4-8-34(9-5-18)28(2)16-36-15-25(28)29/h6-7,10-12,14,18,22-23,25H,4-5,8-9,13,15-16H2,1-3H3,(H,30,31,35). The van der Waals surface area contributed by atoms with Crippen LogP contribution in [-0.2, 0) is 16.6 Å². The molecule has 4 unspecified atom stereocenters. The minimum atomic E-state index is -0.924. The fourth-order valence-corrected chi connectivity index (χ4v) is 6.12. The molecule has 0 radical (unpaired) electrons. The summed E-state index contributed by atoms with van der Waals surface area (Å²) in [6.07, 6.45) is 5.66. The normalized spacial score (nSPS) is 29.1. The molecular formula is C28H34FN5O2. The molecule has 1 N–H and O–H groups in total. The Hall–Kier alpha value is -2.84. The summed E-state index contributed by atoms with van der Waals surface area (Å²) in [5, 5.41) is 9.62. The van der Waals surface area contributed by atoms with Gasteiger partial charge < -0.3 is 10.1 Å². The molecule has 8 heteroatoms. The summed E-state index contributed by atoms with van der Waals surface area (Å²) in [7, 11) is 1.89. The number of hydrogen-bond donors (Lipinski definition) is 1. The molecule has 3 fully saturated rings. The topological polar surface area (TPSA) is 72.3 Å². The van der Waals surface area contributed by atoms with Gasteiger partial charge in [0.05, 0.1) is 24.4 Å². The van der Waals surface area contributed by atoms with Crippen molar-refractivity contribution in [1.29, 1.82) is 0 Å². The first-order valence-electron chi connectivity index (χ1n) is 13.0. The van der Waals surface area contributed by atoms with Gasteiger partial charge in [-0.15, -0.1) is 0 Å². The third kappa shape index (κ3) is 4.20. The van der Waals surface area contributed by atoms with Crippen LogP contribution in [0.25, 0.3) is 10.8 Å². The number of alkyl halides is 1. The Morgan fingerprint density at radius 1 is 1.22 bits per heavy atom. The number of rotatable bonds is 5. The number of ether oxygens (including phenoxy) is 1. The van der Waals surface area contributed by atoms with Crippen LogP contribution in [0.1, 0.15) is 54.8 Å². The quantitative estimate of drug-likeness (QED) is 0.575. The van der Waals surface area contributed by atoms with Crippen molar-refractivity contribution in [2.45, 2.75) is 56.7 Å². The van der Waals surface area contributed by atoms with Gasteiger partial charge in [-0.2, -0.15) is 5.10 Å². The Morgan fingerprint density at radius 2 is 2.03 bits per heavy atom. The van der Waals surface area contributed by atoms with Crippen LogP contribution in [0, 0.1) is 12.8 Å². The van der Waals surface area contributed by atoms with E-state index in [-0.39, 0.29) is 24.3 Å². The highest BCUT2D eigenvalue weighted by atomic mass is 19.1. The van der Waals surface area contributed by atoms with Crippen molar-refractivity contribution in [3.05, 3.63) is 53.5 Å². The number of pyridine rings is 1. The molecule has 1 aromatic carbocycles. The van der Waals surface area contributed by atoms with E-state index in [9.17, 15) is 9.18 Å². The van der Waals surface area contributed by atoms with Crippen molar-refractivity contribution in [2.24, 2.45) is 13.0 Å². The summed E-state index contributed by atoms with van der Waals surface area (Å²) in [5.74, 6) is 1.18. The Morgan fingerprint density at radius 3 is 2.72 bits per heavy atom. The van der Waals surface area contributed by atoms with E-state index in [1.165, 1.54) is 11.1 Å². The van der Waals surface area contributed by atoms with Crippen LogP contribution in [0.3, 0.4) is 0 Å². The SMILES string of the molecule is Cc1cc2cnc(NC(=O)C3CC3c3ccn(C)n3)cc2cc1C1CCN(C2(C)COCC2F)CC1. The van der Waals surface area contributed by atoms with Crippen molar-refractivity contribution in [3.8, 4) is 0 Å². The van der Waals surface area contributed by atoms with E-state index in [0.717, 1.165) is 48.8 Å². The summed E-state index contributed by atoms with van der Waals surface area (Å²) >= 11 is 0. The second kappa shape index (κ2) is 8.92. The van der Waals surface area contributed by atoms with Gasteiger partial charge >= 0.3 is 0 Å². The monoisotopic (exact) mass is 491 g/mol. The van der Waals surface area contributed by atoms with Gasteiger partial charge in [0.2, 0.25) is 5.91 Å². The molecule has 6 rings (SSSR count). The third-order valence-electron chi connectivity index (χ3n) is 8.59. The predicted octanol–water partition coefficient (Wildman–Crippen LogP) is 4.33. The Labute approximate surface area is 211 Å². The molecule has 7 nitrogen and oxygen atoms in total. The number of nitrogens with one attached hydrogen (secondary N) is 1. The number of nitrogens with zero attached hydrogens (tertiary/aromatic N) is 4. The molecule has 1 aliphatic carbocycles. The number of aryl methyl sites for hydroxylation is 2. The molecule has 1 saturated carbocycles. The van der Waals surface area contributed by atoms with E-state index in [1.807, 2.05) is 38.5 Å². The van der Waals surface area contributed by atoms with Gasteiger partial charge in [0.25, 0.3) is 0 Å². The Bertz CT molecular complexity index is 1300. The molecule has 2 aromatic heterocycles. The first kappa shape index (κ1) is 23.6. The number of amides is 1. The summed E-state index contributed by atoms with van der Waals surface area (Å²) in [6.45, 7) is 6.58. The average molecular weight is 492 g/mol. The number of carbonyl (C=O) groups excluding carboxylic acids is 1. The summed E-state index contributed by atoms with van der Waals surface area (Å²) in [5.41, 5.74) is 3.08. The summed E-state index contributed by atoms with van der Waals surface area (Å²) in [6, 6.07) is 8.41. The van der Waals surface area contributed by atoms with Crippen LogP contribution >= 0.6 is 0 Å². The van der Waals surface area contributed by atoms with Crippen LogP contribution in [-0.4, -0.2) is 63.6 Å². The van der Waals surface area contributed by atoms with Gasteiger partial charge in [-0.1, -0.05) is 6.07 Å². The number of carbonyl (C=O) groups is 1. The zero-order valence-electron chi connectivity index (χ0n) is 21.2. The number of aromatic nitrogens is 3. The maximum Gasteiger partial charge on any atom is 0.229 e. The van der Waals surface area contributed by atoms with Crippen molar-refractivity contribution in [1.82, 2.24) is 19.7 Å². The molecule has 3 aliphatic rings. The maximum absolute atomic E-state index is 14.5. The number of hydrogen-bond acceptors (Lipinski definition) is 5. The fourth-order valence-electron chi connectivity index (χ4n) is 6.12. The maximum atomic E-state index is 14.5. The van der Waals surface area contributed by atoms with Crippen LogP contribution in [0.2, 0.25) is 0 Å². The molecule has 1 amide bonds. The predicted molar refractivity (Wildman–Crippen MR) is 137 cm³/mol. The second-order valence-electron chi connectivity index (χ2n) is 11.1. The molecule has 190 valence electrons. The van der Waals surface area contributed by atoms with E-state index < -0.39 is 11.7 Å². The Balaban J connectivity index is 1.15. The van der Waals surface area contributed by atoms with E-state index in [2.05, 4.69) is 39.4 Å². The van der Waals surface area contributed by atoms with E-state index >= 15 is 0 Å². The molecule has 0 bridgehead atoms. The molecular weight excluding hydrogens is 457 g/mol. The van der Waals surface area contributed by atoms with Gasteiger partial charge in [-0.25, -0.2) is 9.37 Å². The minimum Gasteiger partial charge on any atom is -0.376 e. The fraction of sp³-hybridized carbons (Fsp3) is 0.536. The van der Waals surface area contributed by atoms with Crippen LogP contribution in [0.5, 0.6) is 0 Å². The van der Waals surface area contributed by atoms with Crippen molar-refractivity contribution in [3.63, 3.8) is 0 Å². The lowest BCUT2D eigenvalue weighted by Gasteiger charge is -2.43. The number of halogens is 1. The number of anilines is 1. The largest absolute Gasteiger partial charge is 0.376 e. The number of likely N-dealkylation sites (tertiary alicyclic amines) is 1. The van der Waals surface area contributed by atoms with Gasteiger partial charge in [0.15, 0.2) is 0 Å². The van der Waals surface area contributed by atoms with Crippen molar-refractivity contribution in [2.75, 3.05) is 31.6 Å². The summed E-state index contributed by atoms with van der Waals surface area (Å²) < 4.78 is 21.7. The lowest BCUT2D eigenvalue weighted by atomic mass is 9.83. The highest BCUT2D eigenvalue weighted by molar-refractivity contribution is 5.96. The van der Waals surface area contributed by atoms with Crippen LogP contribution in [0.15, 0.2) is 36.7 Å². The van der Waals surface area contributed by atoms with Gasteiger partial charge in [-0.3, -0.25) is 14.4 Å². The highest BCUT2D eigenvalue weighted by Gasteiger charge is 2.47. The molecule has 2 aliphatic heterocycles. The Kier molecular flexibility index (Phi) is 5.84. The first-order valence-corrected chi connectivity index (χ1v) is 13.0. The minimum absolute atomic E-state index is 0.00719. The number of fused-ring (bicyclic) bond motifs is 1. The molecule has 2 saturated heterocycles. The lowest BCUT2D eigenvalue weighted by molar-refractivity contribution is -0.117. The van der Waals surface area contributed by atoms with Crippen molar-refractivity contribution < 1.29 is 13.9 Å². The molecule has 4 atom stereocenters. The van der Waals surface area contributed by atoms with E-state index in [0.29, 0.717) is 18.3 Å². The second-order valence-corrected chi connectivity index (χ2v) is 11.1. The zero-order chi connectivity index (χ0) is 25.0. The lowest BCUT2D eigenvalue weighted by Crippen LogP contribution is -2.55. The molecule has 4 heterocycles. The van der Waals surface area contributed by atoms with Crippen molar-refractivity contribution >= 4 is 22.5 Å². The first-order chi connectivity index (χ1) is 17.3. The van der Waals surface area contributed by atoms with Crippen LogP contribution < -0.4 is 5.32 Å². The van der Waals surface area contributed by atoms with E-state index in [1.54, 1.807) is 4.68 Å². The third-order valence-corrected chi connectivity index (χ3v) is 8.59. The smallest absolute Gasteiger partial charge is 0.229 e. The van der Waals surface area contributed by atoms with Gasteiger partial charge in [0, 0.05) is 36.7 Å². The van der Waals surface area contributed by atoms with E-state index in [4.69, 9.17) is 4.74 Å². The number of piperidine rings is 1. The molecule has 0 spiro atoms. The highest BCUT2D eigenvalue weighted by Crippen LogP contribution is 2.47. The van der Waals surface area contributed by atoms with Crippen LogP contribution in [0.4, 0.5) is 10.2 Å². The molecule has 36 heavy (non-hydrogen) atoms. The number of benzene rings is 1. The zero-order valence-corrected chi connectivity index (χ0v) is 21.2. The molecule has 3 aromatic rings. The van der Waals surface area contributed by atoms with Gasteiger partial charge in [0.1, 0.15) is 12.0 Å². The average Bonchev–Trinajstić information content (AvgIpc) is 3.44.